The normalized spacial score (nSPS) is 11.9. The zero-order valence-corrected chi connectivity index (χ0v) is 13.9. The van der Waals surface area contributed by atoms with Gasteiger partial charge in [-0.3, -0.25) is 9.78 Å². The number of carbonyl (C=O) groups is 3. The molecule has 0 aliphatic heterocycles. The van der Waals surface area contributed by atoms with Crippen LogP contribution in [0.15, 0.2) is 48.7 Å². The number of pyridine rings is 1. The molecule has 0 fully saturated rings. The summed E-state index contributed by atoms with van der Waals surface area (Å²) < 4.78 is 9.18. The SMILES string of the molecule is COC(=O)/C=C/C[C@@H](NC(=O)c1cccc2cccnc12)C(=O)OC. The Kier molecular flexibility index (Phi) is 6.22. The second-order valence-corrected chi connectivity index (χ2v) is 5.09. The number of nitrogens with zero attached hydrogens (tertiary/aromatic N) is 1. The van der Waals surface area contributed by atoms with E-state index in [0.717, 1.165) is 5.39 Å². The van der Waals surface area contributed by atoms with Gasteiger partial charge < -0.3 is 14.8 Å². The van der Waals surface area contributed by atoms with Crippen LogP contribution in [-0.4, -0.2) is 43.1 Å². The molecule has 1 N–H and O–H groups in total. The monoisotopic (exact) mass is 342 g/mol. The molecule has 1 aromatic heterocycles. The quantitative estimate of drug-likeness (QED) is 0.633. The van der Waals surface area contributed by atoms with E-state index in [4.69, 9.17) is 4.74 Å². The number of nitrogens with one attached hydrogen (secondary N) is 1. The van der Waals surface area contributed by atoms with Gasteiger partial charge in [0.05, 0.1) is 25.3 Å². The van der Waals surface area contributed by atoms with E-state index in [1.54, 1.807) is 24.4 Å². The first-order valence-electron chi connectivity index (χ1n) is 7.53. The molecule has 2 aromatic rings. The largest absolute Gasteiger partial charge is 0.467 e. The highest BCUT2D eigenvalue weighted by Gasteiger charge is 2.22. The van der Waals surface area contributed by atoms with Crippen molar-refractivity contribution in [2.75, 3.05) is 14.2 Å². The van der Waals surface area contributed by atoms with Gasteiger partial charge in [-0.25, -0.2) is 9.59 Å². The summed E-state index contributed by atoms with van der Waals surface area (Å²) in [7, 11) is 2.48. The van der Waals surface area contributed by atoms with Crippen LogP contribution < -0.4 is 5.32 Å². The van der Waals surface area contributed by atoms with Gasteiger partial charge in [0, 0.05) is 17.7 Å². The van der Waals surface area contributed by atoms with Crippen molar-refractivity contribution in [1.82, 2.24) is 10.3 Å². The summed E-state index contributed by atoms with van der Waals surface area (Å²) in [5.41, 5.74) is 0.889. The average molecular weight is 342 g/mol. The number of aromatic nitrogens is 1. The fourth-order valence-electron chi connectivity index (χ4n) is 2.25. The van der Waals surface area contributed by atoms with Crippen molar-refractivity contribution in [3.05, 3.63) is 54.2 Å². The molecule has 7 heteroatoms. The Morgan fingerprint density at radius 1 is 1.16 bits per heavy atom. The molecule has 2 rings (SSSR count). The standard InChI is InChI=1S/C18H18N2O5/c1-24-15(21)10-4-9-14(18(23)25-2)20-17(22)13-8-3-6-12-7-5-11-19-16(12)13/h3-8,10-11,14H,9H2,1-2H3,(H,20,22)/b10-4+/t14-/m1/s1. The van der Waals surface area contributed by atoms with E-state index < -0.39 is 23.9 Å². The average Bonchev–Trinajstić information content (AvgIpc) is 2.65. The van der Waals surface area contributed by atoms with E-state index in [2.05, 4.69) is 15.0 Å². The molecule has 0 saturated heterocycles. The zero-order chi connectivity index (χ0) is 18.2. The Labute approximate surface area is 144 Å². The second-order valence-electron chi connectivity index (χ2n) is 5.09. The molecule has 0 saturated carbocycles. The fourth-order valence-corrected chi connectivity index (χ4v) is 2.25. The Hall–Kier alpha value is -3.22. The fraction of sp³-hybridized carbons (Fsp3) is 0.222. The summed E-state index contributed by atoms with van der Waals surface area (Å²) in [5.74, 6) is -1.62. The van der Waals surface area contributed by atoms with Gasteiger partial charge in [-0.15, -0.1) is 0 Å². The second kappa shape index (κ2) is 8.58. The molecule has 1 heterocycles. The molecule has 0 spiro atoms. The Morgan fingerprint density at radius 2 is 1.92 bits per heavy atom. The van der Waals surface area contributed by atoms with Crippen molar-refractivity contribution >= 4 is 28.7 Å². The van der Waals surface area contributed by atoms with Gasteiger partial charge in [-0.05, 0) is 18.6 Å². The summed E-state index contributed by atoms with van der Waals surface area (Å²) in [6, 6.07) is 7.90. The third-order valence-electron chi connectivity index (χ3n) is 3.50. The van der Waals surface area contributed by atoms with Crippen molar-refractivity contribution in [3.8, 4) is 0 Å². The molecule has 0 bridgehead atoms. The minimum absolute atomic E-state index is 0.0890. The predicted octanol–water partition coefficient (Wildman–Crippen LogP) is 1.63. The first kappa shape index (κ1) is 18.1. The Balaban J connectivity index is 2.19. The number of fused-ring (bicyclic) bond motifs is 1. The van der Waals surface area contributed by atoms with Crippen LogP contribution in [0, 0.1) is 0 Å². The summed E-state index contributed by atoms with van der Waals surface area (Å²) in [6.07, 6.45) is 4.30. The van der Waals surface area contributed by atoms with Crippen molar-refractivity contribution in [1.29, 1.82) is 0 Å². The maximum atomic E-state index is 12.6. The number of para-hydroxylation sites is 1. The van der Waals surface area contributed by atoms with Gasteiger partial charge in [0.1, 0.15) is 6.04 Å². The maximum absolute atomic E-state index is 12.6. The molecule has 1 aromatic carbocycles. The lowest BCUT2D eigenvalue weighted by Crippen LogP contribution is -2.41. The zero-order valence-electron chi connectivity index (χ0n) is 13.9. The van der Waals surface area contributed by atoms with E-state index in [0.29, 0.717) is 11.1 Å². The summed E-state index contributed by atoms with van der Waals surface area (Å²) in [5, 5.41) is 3.43. The summed E-state index contributed by atoms with van der Waals surface area (Å²) in [4.78, 5) is 39.8. The number of ether oxygens (including phenoxy) is 2. The van der Waals surface area contributed by atoms with Crippen LogP contribution in [0.1, 0.15) is 16.8 Å². The number of carbonyl (C=O) groups excluding carboxylic acids is 3. The Bertz CT molecular complexity index is 811. The van der Waals surface area contributed by atoms with Crippen LogP contribution in [0.3, 0.4) is 0 Å². The first-order valence-corrected chi connectivity index (χ1v) is 7.53. The van der Waals surface area contributed by atoms with E-state index >= 15 is 0 Å². The van der Waals surface area contributed by atoms with Crippen LogP contribution in [-0.2, 0) is 19.1 Å². The molecular formula is C18H18N2O5. The predicted molar refractivity (Wildman–Crippen MR) is 90.8 cm³/mol. The summed E-state index contributed by atoms with van der Waals surface area (Å²) >= 11 is 0. The maximum Gasteiger partial charge on any atom is 0.330 e. The van der Waals surface area contributed by atoms with Gasteiger partial charge in [-0.2, -0.15) is 0 Å². The molecule has 0 aliphatic rings. The Morgan fingerprint density at radius 3 is 2.64 bits per heavy atom. The highest BCUT2D eigenvalue weighted by Crippen LogP contribution is 2.16. The van der Waals surface area contributed by atoms with Crippen LogP contribution in [0.5, 0.6) is 0 Å². The van der Waals surface area contributed by atoms with Crippen LogP contribution in [0.25, 0.3) is 10.9 Å². The summed E-state index contributed by atoms with van der Waals surface area (Å²) in [6.45, 7) is 0. The van der Waals surface area contributed by atoms with Crippen LogP contribution in [0.4, 0.5) is 0 Å². The molecular weight excluding hydrogens is 324 g/mol. The molecule has 7 nitrogen and oxygen atoms in total. The van der Waals surface area contributed by atoms with Crippen molar-refractivity contribution in [3.63, 3.8) is 0 Å². The number of methoxy groups -OCH3 is 2. The lowest BCUT2D eigenvalue weighted by Gasteiger charge is -2.15. The van der Waals surface area contributed by atoms with Gasteiger partial charge in [0.25, 0.3) is 5.91 Å². The van der Waals surface area contributed by atoms with Gasteiger partial charge in [0.15, 0.2) is 0 Å². The van der Waals surface area contributed by atoms with Crippen molar-refractivity contribution < 1.29 is 23.9 Å². The molecule has 25 heavy (non-hydrogen) atoms. The molecule has 1 amide bonds. The number of rotatable bonds is 6. The van der Waals surface area contributed by atoms with Gasteiger partial charge in [0.2, 0.25) is 0 Å². The first-order chi connectivity index (χ1) is 12.1. The number of hydrogen-bond donors (Lipinski definition) is 1. The van der Waals surface area contributed by atoms with E-state index in [9.17, 15) is 14.4 Å². The molecule has 1 atom stereocenters. The number of hydrogen-bond acceptors (Lipinski definition) is 6. The van der Waals surface area contributed by atoms with E-state index in [1.807, 2.05) is 12.1 Å². The van der Waals surface area contributed by atoms with E-state index in [-0.39, 0.29) is 6.42 Å². The van der Waals surface area contributed by atoms with Gasteiger partial charge in [-0.1, -0.05) is 24.3 Å². The van der Waals surface area contributed by atoms with Crippen molar-refractivity contribution in [2.45, 2.75) is 12.5 Å². The highest BCUT2D eigenvalue weighted by atomic mass is 16.5. The molecule has 0 radical (unpaired) electrons. The smallest absolute Gasteiger partial charge is 0.330 e. The van der Waals surface area contributed by atoms with Crippen LogP contribution >= 0.6 is 0 Å². The lowest BCUT2D eigenvalue weighted by molar-refractivity contribution is -0.143. The molecule has 0 unspecified atom stereocenters. The highest BCUT2D eigenvalue weighted by molar-refractivity contribution is 6.06. The topological polar surface area (TPSA) is 94.6 Å². The number of amides is 1. The third kappa shape index (κ3) is 4.63. The molecule has 0 aliphatic carbocycles. The van der Waals surface area contributed by atoms with Crippen molar-refractivity contribution in [2.24, 2.45) is 0 Å². The number of benzene rings is 1. The lowest BCUT2D eigenvalue weighted by atomic mass is 10.1. The van der Waals surface area contributed by atoms with Crippen LogP contribution in [0.2, 0.25) is 0 Å². The van der Waals surface area contributed by atoms with E-state index in [1.165, 1.54) is 26.4 Å². The minimum atomic E-state index is -0.933. The molecule has 130 valence electrons. The minimum Gasteiger partial charge on any atom is -0.467 e. The number of esters is 2. The third-order valence-corrected chi connectivity index (χ3v) is 3.50. The van der Waals surface area contributed by atoms with Gasteiger partial charge >= 0.3 is 11.9 Å².